The number of ketones is 1. The molecule has 0 bridgehead atoms. The van der Waals surface area contributed by atoms with Crippen LogP contribution in [0.3, 0.4) is 0 Å². The molecule has 3 aromatic rings. The van der Waals surface area contributed by atoms with Crippen molar-refractivity contribution in [1.82, 2.24) is 14.7 Å². The maximum atomic E-state index is 13.1. The highest BCUT2D eigenvalue weighted by molar-refractivity contribution is 5.95. The molecule has 0 fully saturated rings. The molecule has 0 aliphatic rings. The lowest BCUT2D eigenvalue weighted by atomic mass is 9.85. The molecular formula is C24H34N5O3+. The number of hydrogen-bond acceptors (Lipinski definition) is 6. The summed E-state index contributed by atoms with van der Waals surface area (Å²) in [6.07, 6.45) is 3.21. The molecule has 0 spiro atoms. The Morgan fingerprint density at radius 3 is 2.59 bits per heavy atom. The normalized spacial score (nSPS) is 11.7. The number of carbonyl (C=O) groups excluding carboxylic acids is 1. The van der Waals surface area contributed by atoms with Gasteiger partial charge in [-0.15, -0.1) is 4.68 Å². The highest BCUT2D eigenvalue weighted by Crippen LogP contribution is 2.28. The van der Waals surface area contributed by atoms with Crippen LogP contribution in [-0.4, -0.2) is 33.7 Å². The number of hydrogen-bond donors (Lipinski definition) is 1. The third-order valence-electron chi connectivity index (χ3n) is 5.19. The van der Waals surface area contributed by atoms with Crippen LogP contribution >= 0.6 is 0 Å². The molecule has 32 heavy (non-hydrogen) atoms. The van der Waals surface area contributed by atoms with Gasteiger partial charge in [-0.25, -0.2) is 0 Å². The van der Waals surface area contributed by atoms with Gasteiger partial charge in [-0.05, 0) is 42.5 Å². The smallest absolute Gasteiger partial charge is 0.401 e. The topological polar surface area (TPSA) is 95.6 Å². The highest BCUT2D eigenvalue weighted by Gasteiger charge is 2.23. The van der Waals surface area contributed by atoms with Gasteiger partial charge in [-0.2, -0.15) is 0 Å². The average molecular weight is 441 g/mol. The van der Waals surface area contributed by atoms with E-state index in [0.717, 1.165) is 24.8 Å². The first-order chi connectivity index (χ1) is 15.2. The SMILES string of the molecule is CCCCCOc1ccc2n[n+](CC(=O)c3cc(OCC)cc(C(C)(C)C)c3)c(N)n2n1. The van der Waals surface area contributed by atoms with Crippen molar-refractivity contribution in [2.45, 2.75) is 65.8 Å². The molecule has 0 saturated carbocycles. The fourth-order valence-corrected chi connectivity index (χ4v) is 3.32. The Hall–Kier alpha value is -3.16. The molecule has 2 aromatic heterocycles. The number of aromatic nitrogens is 4. The van der Waals surface area contributed by atoms with Crippen molar-refractivity contribution in [3.05, 3.63) is 41.5 Å². The van der Waals surface area contributed by atoms with E-state index in [1.807, 2.05) is 19.1 Å². The van der Waals surface area contributed by atoms with Crippen LogP contribution in [-0.2, 0) is 12.0 Å². The van der Waals surface area contributed by atoms with Crippen LogP contribution in [0.4, 0.5) is 5.95 Å². The maximum Gasteiger partial charge on any atom is 0.401 e. The summed E-state index contributed by atoms with van der Waals surface area (Å²) in [6, 6.07) is 9.22. The molecule has 0 unspecified atom stereocenters. The van der Waals surface area contributed by atoms with Gasteiger partial charge in [0, 0.05) is 17.7 Å². The summed E-state index contributed by atoms with van der Waals surface area (Å²) in [5.41, 5.74) is 8.29. The van der Waals surface area contributed by atoms with Crippen LogP contribution in [0.5, 0.6) is 11.6 Å². The number of benzene rings is 1. The predicted octanol–water partition coefficient (Wildman–Crippen LogP) is 3.75. The molecule has 0 atom stereocenters. The first-order valence-corrected chi connectivity index (χ1v) is 11.2. The molecule has 172 valence electrons. The predicted molar refractivity (Wildman–Crippen MR) is 123 cm³/mol. The van der Waals surface area contributed by atoms with Crippen LogP contribution in [0.2, 0.25) is 0 Å². The monoisotopic (exact) mass is 440 g/mol. The molecule has 2 N–H and O–H groups in total. The number of nitrogens with two attached hydrogens (primary N) is 1. The Morgan fingerprint density at radius 1 is 1.12 bits per heavy atom. The Morgan fingerprint density at radius 2 is 1.91 bits per heavy atom. The van der Waals surface area contributed by atoms with E-state index in [2.05, 4.69) is 37.9 Å². The third kappa shape index (κ3) is 5.55. The van der Waals surface area contributed by atoms with Gasteiger partial charge < -0.3 is 9.47 Å². The van der Waals surface area contributed by atoms with Crippen LogP contribution in [0.1, 0.15) is 69.8 Å². The molecule has 3 rings (SSSR count). The maximum absolute atomic E-state index is 13.1. The molecule has 8 heteroatoms. The molecule has 2 heterocycles. The Balaban J connectivity index is 1.83. The van der Waals surface area contributed by atoms with E-state index in [0.29, 0.717) is 36.1 Å². The van der Waals surface area contributed by atoms with Crippen LogP contribution in [0, 0.1) is 0 Å². The number of Topliss-reactive ketones (excluding diaryl/α,β-unsaturated/α-hetero) is 1. The van der Waals surface area contributed by atoms with E-state index >= 15 is 0 Å². The molecule has 0 saturated heterocycles. The minimum Gasteiger partial charge on any atom is -0.494 e. The third-order valence-corrected chi connectivity index (χ3v) is 5.19. The first-order valence-electron chi connectivity index (χ1n) is 11.2. The van der Waals surface area contributed by atoms with Gasteiger partial charge in [0.25, 0.3) is 5.65 Å². The lowest BCUT2D eigenvalue weighted by Gasteiger charge is -2.21. The zero-order chi connectivity index (χ0) is 23.3. The highest BCUT2D eigenvalue weighted by atomic mass is 16.5. The first kappa shape index (κ1) is 23.5. The van der Waals surface area contributed by atoms with Crippen molar-refractivity contribution < 1.29 is 19.0 Å². The Labute approximate surface area is 189 Å². The molecule has 0 amide bonds. The molecule has 0 aliphatic carbocycles. The lowest BCUT2D eigenvalue weighted by Crippen LogP contribution is -2.42. The van der Waals surface area contributed by atoms with E-state index < -0.39 is 0 Å². The fourth-order valence-electron chi connectivity index (χ4n) is 3.32. The van der Waals surface area contributed by atoms with Crippen LogP contribution in [0.25, 0.3) is 5.65 Å². The number of unbranched alkanes of at least 4 members (excludes halogenated alkanes) is 2. The number of rotatable bonds is 10. The molecule has 0 radical (unpaired) electrons. The standard InChI is InChI=1S/C24H33N5O3/c1-6-8-9-12-32-22-11-10-21-26-28(23(25)29(21)27-22)16-20(30)17-13-18(24(3,4)5)15-19(14-17)31-7-2/h10-11,13-15,25H,6-9,12,16H2,1-5H3/p+1. The quantitative estimate of drug-likeness (QED) is 0.293. The Bertz CT molecular complexity index is 1090. The van der Waals surface area contributed by atoms with Crippen molar-refractivity contribution in [3.63, 3.8) is 0 Å². The van der Waals surface area contributed by atoms with E-state index in [4.69, 9.17) is 15.2 Å². The number of ether oxygens (including phenoxy) is 2. The van der Waals surface area contributed by atoms with Gasteiger partial charge in [0.2, 0.25) is 5.88 Å². The summed E-state index contributed by atoms with van der Waals surface area (Å²) in [4.78, 5) is 13.1. The van der Waals surface area contributed by atoms with E-state index in [1.54, 1.807) is 18.2 Å². The summed E-state index contributed by atoms with van der Waals surface area (Å²) < 4.78 is 14.4. The number of anilines is 1. The summed E-state index contributed by atoms with van der Waals surface area (Å²) in [5.74, 6) is 1.33. The van der Waals surface area contributed by atoms with Crippen molar-refractivity contribution >= 4 is 17.4 Å². The number of nitrogens with zero attached hydrogens (tertiary/aromatic N) is 4. The molecule has 0 aliphatic heterocycles. The van der Waals surface area contributed by atoms with Gasteiger partial charge in [0.05, 0.1) is 13.2 Å². The van der Waals surface area contributed by atoms with Crippen molar-refractivity contribution in [2.75, 3.05) is 18.9 Å². The van der Waals surface area contributed by atoms with Gasteiger partial charge in [-0.1, -0.05) is 55.2 Å². The number of fused-ring (bicyclic) bond motifs is 1. The van der Waals surface area contributed by atoms with Gasteiger partial charge in [0.1, 0.15) is 5.75 Å². The largest absolute Gasteiger partial charge is 0.494 e. The van der Waals surface area contributed by atoms with E-state index in [1.165, 1.54) is 9.20 Å². The summed E-state index contributed by atoms with van der Waals surface area (Å²) >= 11 is 0. The van der Waals surface area contributed by atoms with Crippen LogP contribution < -0.4 is 19.9 Å². The van der Waals surface area contributed by atoms with E-state index in [9.17, 15) is 4.79 Å². The number of nitrogen functional groups attached to an aromatic ring is 1. The molecular weight excluding hydrogens is 406 g/mol. The molecule has 1 aromatic carbocycles. The van der Waals surface area contributed by atoms with Crippen LogP contribution in [0.15, 0.2) is 30.3 Å². The van der Waals surface area contributed by atoms with Crippen molar-refractivity contribution in [3.8, 4) is 11.6 Å². The van der Waals surface area contributed by atoms with Gasteiger partial charge >= 0.3 is 5.95 Å². The summed E-state index contributed by atoms with van der Waals surface area (Å²) in [5, 5.41) is 8.86. The van der Waals surface area contributed by atoms with Crippen molar-refractivity contribution in [2.24, 2.45) is 0 Å². The number of carbonyl (C=O) groups is 1. The second-order valence-electron chi connectivity index (χ2n) is 8.87. The van der Waals surface area contributed by atoms with Crippen molar-refractivity contribution in [1.29, 1.82) is 0 Å². The van der Waals surface area contributed by atoms with Gasteiger partial charge in [0.15, 0.2) is 12.3 Å². The average Bonchev–Trinajstić information content (AvgIpc) is 3.05. The minimum atomic E-state index is -0.116. The summed E-state index contributed by atoms with van der Waals surface area (Å²) in [7, 11) is 0. The lowest BCUT2D eigenvalue weighted by molar-refractivity contribution is -0.723. The fraction of sp³-hybridized carbons (Fsp3) is 0.500. The zero-order valence-corrected chi connectivity index (χ0v) is 19.7. The second-order valence-corrected chi connectivity index (χ2v) is 8.87. The molecule has 8 nitrogen and oxygen atoms in total. The van der Waals surface area contributed by atoms with Gasteiger partial charge in [-0.3, -0.25) is 10.5 Å². The second kappa shape index (κ2) is 9.97. The zero-order valence-electron chi connectivity index (χ0n) is 19.7. The Kier molecular flexibility index (Phi) is 7.33. The summed E-state index contributed by atoms with van der Waals surface area (Å²) in [6.45, 7) is 11.5. The minimum absolute atomic E-state index is 0.00104. The van der Waals surface area contributed by atoms with E-state index in [-0.39, 0.29) is 23.7 Å².